The lowest BCUT2D eigenvalue weighted by molar-refractivity contribution is 0.824. The highest BCUT2D eigenvalue weighted by molar-refractivity contribution is 6.43. The molecule has 0 bridgehead atoms. The molecule has 2 aromatic carbocycles. The van der Waals surface area contributed by atoms with Crippen molar-refractivity contribution in [1.82, 2.24) is 0 Å². The number of rotatable bonds is 15. The van der Waals surface area contributed by atoms with E-state index in [1.165, 1.54) is 59.4 Å². The van der Waals surface area contributed by atoms with Crippen molar-refractivity contribution in [3.8, 4) is 0 Å². The Hall–Kier alpha value is -2.22. The summed E-state index contributed by atoms with van der Waals surface area (Å²) in [6.07, 6.45) is 13.3. The highest BCUT2D eigenvalue weighted by atomic mass is 14.8. The monoisotopic (exact) mass is 460 g/mol. The van der Waals surface area contributed by atoms with Crippen LogP contribution in [0.3, 0.4) is 0 Å². The second-order valence-corrected chi connectivity index (χ2v) is 9.49. The SMILES string of the molecule is CCCCC(=Nc1cc(CC)cc(CC)c1)C(CCCC)=Nc1ccc(CCC)c(CCC)c1. The van der Waals surface area contributed by atoms with E-state index in [9.17, 15) is 0 Å². The summed E-state index contributed by atoms with van der Waals surface area (Å²) in [4.78, 5) is 10.5. The summed E-state index contributed by atoms with van der Waals surface area (Å²) in [7, 11) is 0. The quantitative estimate of drug-likeness (QED) is 0.236. The summed E-state index contributed by atoms with van der Waals surface area (Å²) in [5.41, 5.74) is 10.2. The van der Waals surface area contributed by atoms with Gasteiger partial charge in [0.05, 0.1) is 22.8 Å². The van der Waals surface area contributed by atoms with Crippen molar-refractivity contribution in [2.45, 2.75) is 119 Å². The Bertz CT molecular complexity index is 914. The van der Waals surface area contributed by atoms with Gasteiger partial charge < -0.3 is 0 Å². The van der Waals surface area contributed by atoms with Gasteiger partial charge in [-0.25, -0.2) is 0 Å². The summed E-state index contributed by atoms with van der Waals surface area (Å²) >= 11 is 0. The Labute approximate surface area is 210 Å². The lowest BCUT2D eigenvalue weighted by Crippen LogP contribution is -2.14. The van der Waals surface area contributed by atoms with E-state index in [1.54, 1.807) is 0 Å². The zero-order valence-electron chi connectivity index (χ0n) is 22.8. The molecule has 0 radical (unpaired) electrons. The number of hydrogen-bond donors (Lipinski definition) is 0. The van der Waals surface area contributed by atoms with Gasteiger partial charge in [-0.3, -0.25) is 9.98 Å². The van der Waals surface area contributed by atoms with Crippen LogP contribution in [0.1, 0.15) is 115 Å². The second kappa shape index (κ2) is 15.6. The van der Waals surface area contributed by atoms with Crippen LogP contribution >= 0.6 is 0 Å². The first-order valence-corrected chi connectivity index (χ1v) is 14.0. The molecule has 0 aliphatic carbocycles. The number of aryl methyl sites for hydroxylation is 4. The van der Waals surface area contributed by atoms with E-state index in [-0.39, 0.29) is 0 Å². The lowest BCUT2D eigenvalue weighted by Gasteiger charge is -2.13. The summed E-state index contributed by atoms with van der Waals surface area (Å²) in [6.45, 7) is 13.5. The summed E-state index contributed by atoms with van der Waals surface area (Å²) in [5.74, 6) is 0. The molecule has 0 amide bonds. The Kier molecular flexibility index (Phi) is 12.9. The molecule has 0 spiro atoms. The average molecular weight is 461 g/mol. The standard InChI is InChI=1S/C32H48N2/c1-7-13-17-31(33-29-20-19-27(15-9-3)28(24-29)16-10-4)32(18-14-8-2)34-30-22-25(11-5)21-26(12-6)23-30/h19-24H,7-18H2,1-6H3. The molecule has 0 saturated carbocycles. The van der Waals surface area contributed by atoms with Crippen molar-refractivity contribution in [2.24, 2.45) is 9.98 Å². The fourth-order valence-corrected chi connectivity index (χ4v) is 4.44. The summed E-state index contributed by atoms with van der Waals surface area (Å²) < 4.78 is 0. The molecule has 0 heterocycles. The van der Waals surface area contributed by atoms with Crippen LogP contribution in [-0.4, -0.2) is 11.4 Å². The van der Waals surface area contributed by atoms with E-state index in [2.05, 4.69) is 77.9 Å². The largest absolute Gasteiger partial charge is 0.252 e. The second-order valence-electron chi connectivity index (χ2n) is 9.49. The van der Waals surface area contributed by atoms with Crippen LogP contribution < -0.4 is 0 Å². The van der Waals surface area contributed by atoms with Gasteiger partial charge in [0.25, 0.3) is 0 Å². The predicted molar refractivity (Wildman–Crippen MR) is 153 cm³/mol. The van der Waals surface area contributed by atoms with Gasteiger partial charge in [0.15, 0.2) is 0 Å². The minimum Gasteiger partial charge on any atom is -0.252 e. The first kappa shape index (κ1) is 28.0. The molecule has 186 valence electrons. The zero-order valence-corrected chi connectivity index (χ0v) is 22.8. The van der Waals surface area contributed by atoms with Crippen molar-refractivity contribution in [1.29, 1.82) is 0 Å². The van der Waals surface area contributed by atoms with E-state index in [0.29, 0.717) is 0 Å². The molecular weight excluding hydrogens is 412 g/mol. The maximum atomic E-state index is 5.26. The minimum atomic E-state index is 0.993. The fraction of sp³-hybridized carbons (Fsp3) is 0.562. The van der Waals surface area contributed by atoms with Crippen LogP contribution in [-0.2, 0) is 25.7 Å². The molecule has 2 nitrogen and oxygen atoms in total. The lowest BCUT2D eigenvalue weighted by atomic mass is 9.98. The van der Waals surface area contributed by atoms with Crippen LogP contribution in [0.4, 0.5) is 11.4 Å². The van der Waals surface area contributed by atoms with Crippen LogP contribution in [0.5, 0.6) is 0 Å². The maximum absolute atomic E-state index is 5.26. The molecule has 0 N–H and O–H groups in total. The van der Waals surface area contributed by atoms with Crippen LogP contribution in [0.15, 0.2) is 46.4 Å². The van der Waals surface area contributed by atoms with Crippen molar-refractivity contribution in [3.05, 3.63) is 58.7 Å². The molecule has 2 heteroatoms. The molecule has 34 heavy (non-hydrogen) atoms. The molecule has 0 aliphatic rings. The van der Waals surface area contributed by atoms with Gasteiger partial charge in [-0.2, -0.15) is 0 Å². The molecule has 0 fully saturated rings. The molecule has 0 unspecified atom stereocenters. The number of unbranched alkanes of at least 4 members (excludes halogenated alkanes) is 2. The van der Waals surface area contributed by atoms with Crippen LogP contribution in [0.25, 0.3) is 0 Å². The summed E-state index contributed by atoms with van der Waals surface area (Å²) in [6, 6.07) is 13.7. The maximum Gasteiger partial charge on any atom is 0.0639 e. The Morgan fingerprint density at radius 2 is 1.09 bits per heavy atom. The number of aliphatic imine (C=N–C) groups is 2. The van der Waals surface area contributed by atoms with E-state index in [0.717, 1.165) is 62.7 Å². The van der Waals surface area contributed by atoms with Gasteiger partial charge in [0.2, 0.25) is 0 Å². The van der Waals surface area contributed by atoms with Crippen molar-refractivity contribution < 1.29 is 0 Å². The highest BCUT2D eigenvalue weighted by Gasteiger charge is 2.12. The van der Waals surface area contributed by atoms with Gasteiger partial charge in [-0.05, 0) is 97.9 Å². The minimum absolute atomic E-state index is 0.993. The third-order valence-electron chi connectivity index (χ3n) is 6.48. The number of benzene rings is 2. The Morgan fingerprint density at radius 1 is 0.559 bits per heavy atom. The first-order valence-electron chi connectivity index (χ1n) is 14.0. The van der Waals surface area contributed by atoms with E-state index < -0.39 is 0 Å². The van der Waals surface area contributed by atoms with Crippen molar-refractivity contribution in [2.75, 3.05) is 0 Å². The normalized spacial score (nSPS) is 12.4. The van der Waals surface area contributed by atoms with Gasteiger partial charge in [-0.1, -0.05) is 79.4 Å². The van der Waals surface area contributed by atoms with Gasteiger partial charge in [0.1, 0.15) is 0 Å². The third kappa shape index (κ3) is 8.85. The average Bonchev–Trinajstić information content (AvgIpc) is 2.85. The van der Waals surface area contributed by atoms with Crippen LogP contribution in [0.2, 0.25) is 0 Å². The molecule has 0 aromatic heterocycles. The van der Waals surface area contributed by atoms with E-state index in [1.807, 2.05) is 0 Å². The summed E-state index contributed by atoms with van der Waals surface area (Å²) in [5, 5.41) is 0. The number of hydrogen-bond acceptors (Lipinski definition) is 2. The molecule has 0 aliphatic heterocycles. The van der Waals surface area contributed by atoms with E-state index in [4.69, 9.17) is 9.98 Å². The Balaban J connectivity index is 2.56. The molecule has 2 aromatic rings. The zero-order chi connectivity index (χ0) is 24.8. The number of nitrogens with zero attached hydrogens (tertiary/aromatic N) is 2. The topological polar surface area (TPSA) is 24.7 Å². The van der Waals surface area contributed by atoms with E-state index >= 15 is 0 Å². The van der Waals surface area contributed by atoms with Gasteiger partial charge in [-0.15, -0.1) is 0 Å². The highest BCUT2D eigenvalue weighted by Crippen LogP contribution is 2.25. The van der Waals surface area contributed by atoms with Crippen molar-refractivity contribution >= 4 is 22.8 Å². The first-order chi connectivity index (χ1) is 16.6. The van der Waals surface area contributed by atoms with Crippen molar-refractivity contribution in [3.63, 3.8) is 0 Å². The van der Waals surface area contributed by atoms with Gasteiger partial charge >= 0.3 is 0 Å². The fourth-order valence-electron chi connectivity index (χ4n) is 4.44. The third-order valence-corrected chi connectivity index (χ3v) is 6.48. The smallest absolute Gasteiger partial charge is 0.0639 e. The molecule has 0 saturated heterocycles. The molecule has 0 atom stereocenters. The molecule has 2 rings (SSSR count). The van der Waals surface area contributed by atoms with Crippen LogP contribution in [0, 0.1) is 0 Å². The Morgan fingerprint density at radius 3 is 1.59 bits per heavy atom. The molecular formula is C32H48N2. The van der Waals surface area contributed by atoms with Gasteiger partial charge in [0, 0.05) is 0 Å². The predicted octanol–water partition coefficient (Wildman–Crippen LogP) is 9.94.